The van der Waals surface area contributed by atoms with Crippen LogP contribution in [0.3, 0.4) is 0 Å². The van der Waals surface area contributed by atoms with Gasteiger partial charge in [-0.1, -0.05) is 6.42 Å². The molecule has 0 aromatic rings. The van der Waals surface area contributed by atoms with E-state index >= 15 is 0 Å². The Morgan fingerprint density at radius 1 is 0.875 bits per heavy atom. The van der Waals surface area contributed by atoms with E-state index in [-0.39, 0.29) is 0 Å². The molecule has 4 nitrogen and oxygen atoms in total. The minimum absolute atomic E-state index is 0.855. The van der Waals surface area contributed by atoms with Crippen LogP contribution in [-0.4, -0.2) is 46.0 Å². The van der Waals surface area contributed by atoms with Crippen LogP contribution in [0, 0.1) is 0 Å². The topological polar surface area (TPSA) is 40.6 Å². The standard InChI is InChI=1S/C10H21N2O2PS/c1-16(14)15(13,12-9-5-6-10-12)11-7-3-2-4-8-11/h2-10H2,1H3/t15-,16?/m0/s1. The van der Waals surface area contributed by atoms with Crippen molar-refractivity contribution in [3.63, 3.8) is 0 Å². The van der Waals surface area contributed by atoms with Crippen LogP contribution in [0.1, 0.15) is 32.1 Å². The molecule has 0 radical (unpaired) electrons. The molecule has 0 aliphatic carbocycles. The van der Waals surface area contributed by atoms with Gasteiger partial charge in [0.05, 0.1) is 0 Å². The van der Waals surface area contributed by atoms with Gasteiger partial charge in [-0.05, 0) is 25.7 Å². The molecule has 1 unspecified atom stereocenters. The summed E-state index contributed by atoms with van der Waals surface area (Å²) in [6, 6.07) is 0. The van der Waals surface area contributed by atoms with Crippen molar-refractivity contribution in [2.24, 2.45) is 0 Å². The number of hydrogen-bond donors (Lipinski definition) is 0. The number of nitrogens with zero attached hydrogens (tertiary/aromatic N) is 2. The SMILES string of the molecule is CS(=O)[P@@](=O)(N1CCCCC1)N1CCCC1. The van der Waals surface area contributed by atoms with Gasteiger partial charge in [0, 0.05) is 32.4 Å². The van der Waals surface area contributed by atoms with Gasteiger partial charge in [-0.25, -0.2) is 13.5 Å². The third-order valence-electron chi connectivity index (χ3n) is 3.46. The first-order valence-corrected chi connectivity index (χ1v) is 9.88. The second-order valence-electron chi connectivity index (χ2n) is 4.59. The van der Waals surface area contributed by atoms with Crippen molar-refractivity contribution >= 4 is 17.1 Å². The molecule has 2 atom stereocenters. The van der Waals surface area contributed by atoms with Crippen LogP contribution in [0.25, 0.3) is 0 Å². The Kier molecular flexibility index (Phi) is 4.22. The van der Waals surface area contributed by atoms with Crippen LogP contribution in [0.5, 0.6) is 0 Å². The van der Waals surface area contributed by atoms with Crippen molar-refractivity contribution in [3.8, 4) is 0 Å². The van der Waals surface area contributed by atoms with Crippen LogP contribution in [-0.2, 0) is 15.0 Å². The maximum atomic E-state index is 13.0. The highest BCUT2D eigenvalue weighted by molar-refractivity contribution is 8.47. The van der Waals surface area contributed by atoms with Gasteiger partial charge in [-0.2, -0.15) is 0 Å². The lowest BCUT2D eigenvalue weighted by molar-refractivity contribution is 0.321. The molecule has 0 aromatic carbocycles. The summed E-state index contributed by atoms with van der Waals surface area (Å²) in [6.07, 6.45) is 7.19. The minimum atomic E-state index is -2.78. The van der Waals surface area contributed by atoms with Gasteiger partial charge in [0.1, 0.15) is 10.4 Å². The first-order chi connectivity index (χ1) is 7.65. The fraction of sp³-hybridized carbons (Fsp3) is 1.00. The predicted molar refractivity (Wildman–Crippen MR) is 67.9 cm³/mol. The van der Waals surface area contributed by atoms with E-state index in [9.17, 15) is 8.77 Å². The zero-order valence-electron chi connectivity index (χ0n) is 9.93. The van der Waals surface area contributed by atoms with Crippen LogP contribution >= 0.6 is 6.65 Å². The number of piperidine rings is 1. The van der Waals surface area contributed by atoms with Crippen molar-refractivity contribution in [1.82, 2.24) is 9.34 Å². The Balaban J connectivity index is 2.19. The molecule has 2 fully saturated rings. The summed E-state index contributed by atoms with van der Waals surface area (Å²) in [4.78, 5) is 0. The van der Waals surface area contributed by atoms with Gasteiger partial charge in [0.15, 0.2) is 0 Å². The van der Waals surface area contributed by atoms with E-state index in [1.165, 1.54) is 6.42 Å². The summed E-state index contributed by atoms with van der Waals surface area (Å²) in [5, 5.41) is 0. The zero-order chi connectivity index (χ0) is 11.6. The molecular weight excluding hydrogens is 243 g/mol. The molecule has 0 spiro atoms. The maximum absolute atomic E-state index is 13.0. The fourth-order valence-electron chi connectivity index (χ4n) is 2.59. The van der Waals surface area contributed by atoms with Crippen LogP contribution in [0.4, 0.5) is 0 Å². The Labute approximate surface area is 100 Å². The van der Waals surface area contributed by atoms with Gasteiger partial charge in [-0.15, -0.1) is 0 Å². The second-order valence-corrected chi connectivity index (χ2v) is 10.5. The molecule has 2 saturated heterocycles. The molecule has 0 N–H and O–H groups in total. The first-order valence-electron chi connectivity index (χ1n) is 6.10. The Hall–Kier alpha value is 0.300. The average Bonchev–Trinajstić information content (AvgIpc) is 2.82. The summed E-state index contributed by atoms with van der Waals surface area (Å²) in [5.74, 6) is 0. The number of rotatable bonds is 3. The lowest BCUT2D eigenvalue weighted by atomic mass is 10.2. The normalized spacial score (nSPS) is 30.1. The van der Waals surface area contributed by atoms with E-state index in [4.69, 9.17) is 0 Å². The Morgan fingerprint density at radius 2 is 1.25 bits per heavy atom. The molecule has 2 aliphatic rings. The highest BCUT2D eigenvalue weighted by Crippen LogP contribution is 2.58. The van der Waals surface area contributed by atoms with E-state index in [1.807, 2.05) is 9.34 Å². The van der Waals surface area contributed by atoms with Crippen LogP contribution < -0.4 is 0 Å². The largest absolute Gasteiger partial charge is 0.300 e. The third-order valence-corrected chi connectivity index (χ3v) is 9.76. The monoisotopic (exact) mass is 264 g/mol. The zero-order valence-corrected chi connectivity index (χ0v) is 11.6. The Bertz CT molecular complexity index is 312. The number of hydrogen-bond acceptors (Lipinski definition) is 2. The molecule has 0 aromatic heterocycles. The molecule has 2 heterocycles. The molecule has 2 rings (SSSR count). The van der Waals surface area contributed by atoms with Crippen molar-refractivity contribution in [1.29, 1.82) is 0 Å². The van der Waals surface area contributed by atoms with Gasteiger partial charge in [0.25, 0.3) is 0 Å². The van der Waals surface area contributed by atoms with Crippen molar-refractivity contribution < 1.29 is 8.77 Å². The van der Waals surface area contributed by atoms with E-state index in [1.54, 1.807) is 6.26 Å². The van der Waals surface area contributed by atoms with Crippen LogP contribution in [0.2, 0.25) is 0 Å². The highest BCUT2D eigenvalue weighted by atomic mass is 32.8. The smallest absolute Gasteiger partial charge is 0.274 e. The summed E-state index contributed by atoms with van der Waals surface area (Å²) in [7, 11) is -1.25. The summed E-state index contributed by atoms with van der Waals surface area (Å²) in [6.45, 7) is 0.643. The van der Waals surface area contributed by atoms with E-state index in [0.717, 1.165) is 51.9 Å². The van der Waals surface area contributed by atoms with Gasteiger partial charge >= 0.3 is 6.65 Å². The molecule has 16 heavy (non-hydrogen) atoms. The van der Waals surface area contributed by atoms with Crippen molar-refractivity contribution in [2.75, 3.05) is 32.4 Å². The highest BCUT2D eigenvalue weighted by Gasteiger charge is 2.42. The Morgan fingerprint density at radius 3 is 1.62 bits per heavy atom. The van der Waals surface area contributed by atoms with Crippen LogP contribution in [0.15, 0.2) is 0 Å². The van der Waals surface area contributed by atoms with E-state index in [2.05, 4.69) is 0 Å². The van der Waals surface area contributed by atoms with E-state index in [0.29, 0.717) is 0 Å². The van der Waals surface area contributed by atoms with Gasteiger partial charge in [0.2, 0.25) is 0 Å². The lowest BCUT2D eigenvalue weighted by Crippen LogP contribution is -2.35. The predicted octanol–water partition coefficient (Wildman–Crippen LogP) is 2.05. The van der Waals surface area contributed by atoms with Gasteiger partial charge < -0.3 is 0 Å². The summed E-state index contributed by atoms with van der Waals surface area (Å²) < 4.78 is 28.9. The maximum Gasteiger partial charge on any atom is 0.300 e. The second kappa shape index (κ2) is 5.30. The molecule has 0 bridgehead atoms. The molecule has 0 amide bonds. The van der Waals surface area contributed by atoms with Crippen molar-refractivity contribution in [3.05, 3.63) is 0 Å². The molecular formula is C10H21N2O2PS. The molecule has 6 heteroatoms. The van der Waals surface area contributed by atoms with Crippen molar-refractivity contribution in [2.45, 2.75) is 32.1 Å². The van der Waals surface area contributed by atoms with Gasteiger partial charge in [-0.3, -0.25) is 4.57 Å². The summed E-state index contributed by atoms with van der Waals surface area (Å²) in [5.41, 5.74) is 0. The third kappa shape index (κ3) is 2.28. The quantitative estimate of drug-likeness (QED) is 0.732. The average molecular weight is 264 g/mol. The molecule has 2 aliphatic heterocycles. The lowest BCUT2D eigenvalue weighted by Gasteiger charge is -2.37. The first kappa shape index (κ1) is 12.7. The minimum Gasteiger partial charge on any atom is -0.274 e. The molecule has 94 valence electrons. The fourth-order valence-corrected chi connectivity index (χ4v) is 8.10. The van der Waals surface area contributed by atoms with E-state index < -0.39 is 17.1 Å². The molecule has 0 saturated carbocycles. The summed E-state index contributed by atoms with van der Waals surface area (Å²) >= 11 is 0.